The Morgan fingerprint density at radius 1 is 1.07 bits per heavy atom. The van der Waals surface area contributed by atoms with Gasteiger partial charge in [-0.3, -0.25) is 14.0 Å². The van der Waals surface area contributed by atoms with E-state index in [-0.39, 0.29) is 11.1 Å². The smallest absolute Gasteiger partial charge is 0.267 e. The molecule has 0 aliphatic heterocycles. The summed E-state index contributed by atoms with van der Waals surface area (Å²) in [4.78, 5) is 30.1. The van der Waals surface area contributed by atoms with Gasteiger partial charge in [0, 0.05) is 27.7 Å². The minimum atomic E-state index is -0.336. The third-order valence-corrected chi connectivity index (χ3v) is 6.12. The van der Waals surface area contributed by atoms with Crippen molar-refractivity contribution in [3.05, 3.63) is 106 Å². The van der Waals surface area contributed by atoms with Crippen molar-refractivity contribution in [3.63, 3.8) is 0 Å². The number of aromatic nitrogens is 2. The van der Waals surface area contributed by atoms with Crippen molar-refractivity contribution in [1.29, 1.82) is 0 Å². The summed E-state index contributed by atoms with van der Waals surface area (Å²) in [6.07, 6.45) is 2.10. The molecule has 28 heavy (non-hydrogen) atoms. The average Bonchev–Trinajstić information content (AvgIpc) is 2.97. The molecule has 0 radical (unpaired) electrons. The van der Waals surface area contributed by atoms with Crippen molar-refractivity contribution in [2.45, 2.75) is 13.3 Å². The van der Waals surface area contributed by atoms with E-state index in [1.165, 1.54) is 15.7 Å². The van der Waals surface area contributed by atoms with Crippen molar-refractivity contribution in [3.8, 4) is 0 Å². The molecule has 2 aromatic carbocycles. The average molecular weight is 429 g/mol. The first-order chi connectivity index (χ1) is 13.4. The number of hydrogen-bond donors (Lipinski definition) is 0. The van der Waals surface area contributed by atoms with Crippen LogP contribution in [0.2, 0.25) is 10.0 Å². The maximum Gasteiger partial charge on any atom is 0.277 e. The van der Waals surface area contributed by atoms with Crippen LogP contribution in [-0.2, 0) is 6.42 Å². The quantitative estimate of drug-likeness (QED) is 0.497. The van der Waals surface area contributed by atoms with E-state index in [1.807, 2.05) is 30.3 Å². The molecule has 140 valence electrons. The Hall–Kier alpha value is -2.47. The Balaban J connectivity index is 1.88. The molecule has 0 N–H and O–H groups in total. The van der Waals surface area contributed by atoms with Crippen LogP contribution < -0.4 is 15.7 Å². The third-order valence-electron chi connectivity index (χ3n) is 4.53. The van der Waals surface area contributed by atoms with Gasteiger partial charge in [0.05, 0.1) is 4.53 Å². The van der Waals surface area contributed by atoms with E-state index in [1.54, 1.807) is 31.2 Å². The zero-order chi connectivity index (χ0) is 19.8. The fourth-order valence-electron chi connectivity index (χ4n) is 3.03. The lowest BCUT2D eigenvalue weighted by Crippen LogP contribution is -2.27. The molecule has 4 nitrogen and oxygen atoms in total. The van der Waals surface area contributed by atoms with Gasteiger partial charge in [-0.25, -0.2) is 0 Å². The molecule has 2 heterocycles. The number of benzene rings is 2. The van der Waals surface area contributed by atoms with E-state index in [9.17, 15) is 9.59 Å². The highest BCUT2D eigenvalue weighted by Gasteiger charge is 2.15. The topological polar surface area (TPSA) is 51.4 Å². The van der Waals surface area contributed by atoms with E-state index in [0.717, 1.165) is 11.1 Å². The highest BCUT2D eigenvalue weighted by Crippen LogP contribution is 2.19. The van der Waals surface area contributed by atoms with E-state index < -0.39 is 0 Å². The molecular weight excluding hydrogens is 415 g/mol. The second-order valence-electron chi connectivity index (χ2n) is 6.33. The molecule has 0 fully saturated rings. The third kappa shape index (κ3) is 3.49. The van der Waals surface area contributed by atoms with Gasteiger partial charge in [-0.2, -0.15) is 4.98 Å². The van der Waals surface area contributed by atoms with Gasteiger partial charge in [-0.05, 0) is 42.3 Å². The van der Waals surface area contributed by atoms with Gasteiger partial charge in [0.25, 0.3) is 11.1 Å². The first kappa shape index (κ1) is 18.9. The van der Waals surface area contributed by atoms with E-state index in [2.05, 4.69) is 4.98 Å². The second kappa shape index (κ2) is 7.51. The number of thiazole rings is 1. The number of aryl methyl sites for hydroxylation is 1. The number of rotatable bonds is 3. The summed E-state index contributed by atoms with van der Waals surface area (Å²) in [7, 11) is 0. The summed E-state index contributed by atoms with van der Waals surface area (Å²) >= 11 is 13.3. The summed E-state index contributed by atoms with van der Waals surface area (Å²) in [5.74, 6) is 0. The van der Waals surface area contributed by atoms with Gasteiger partial charge in [0.15, 0.2) is 0 Å². The van der Waals surface area contributed by atoms with Crippen LogP contribution in [0, 0.1) is 6.92 Å². The Kier molecular flexibility index (Phi) is 5.06. The minimum Gasteiger partial charge on any atom is -0.267 e. The zero-order valence-electron chi connectivity index (χ0n) is 14.8. The first-order valence-electron chi connectivity index (χ1n) is 8.50. The van der Waals surface area contributed by atoms with Crippen LogP contribution in [0.4, 0.5) is 0 Å². The summed E-state index contributed by atoms with van der Waals surface area (Å²) in [6.45, 7) is 1.77. The monoisotopic (exact) mass is 428 g/mol. The molecule has 0 bridgehead atoms. The van der Waals surface area contributed by atoms with Crippen LogP contribution in [0.3, 0.4) is 0 Å². The summed E-state index contributed by atoms with van der Waals surface area (Å²) in [6, 6.07) is 14.5. The van der Waals surface area contributed by atoms with Crippen LogP contribution in [0.15, 0.2) is 58.1 Å². The van der Waals surface area contributed by atoms with Crippen LogP contribution in [0.1, 0.15) is 22.4 Å². The van der Waals surface area contributed by atoms with Crippen molar-refractivity contribution in [2.75, 3.05) is 0 Å². The van der Waals surface area contributed by atoms with E-state index in [0.29, 0.717) is 37.2 Å². The zero-order valence-corrected chi connectivity index (χ0v) is 17.1. The molecule has 2 aromatic heterocycles. The maximum absolute atomic E-state index is 13.0. The number of hydrogen-bond acceptors (Lipinski definition) is 4. The molecule has 0 amide bonds. The lowest BCUT2D eigenvalue weighted by atomic mass is 10.1. The molecule has 0 spiro atoms. The molecule has 0 unspecified atom stereocenters. The predicted octanol–water partition coefficient (Wildman–Crippen LogP) is 3.87. The summed E-state index contributed by atoms with van der Waals surface area (Å²) in [5.41, 5.74) is 2.20. The minimum absolute atomic E-state index is 0.194. The van der Waals surface area contributed by atoms with Gasteiger partial charge in [-0.1, -0.05) is 64.9 Å². The molecule has 4 rings (SSSR count). The Morgan fingerprint density at radius 3 is 2.50 bits per heavy atom. The lowest BCUT2D eigenvalue weighted by molar-refractivity contribution is 0.940. The second-order valence-corrected chi connectivity index (χ2v) is 8.19. The van der Waals surface area contributed by atoms with Crippen LogP contribution in [-0.4, -0.2) is 9.38 Å². The largest absolute Gasteiger partial charge is 0.277 e. The van der Waals surface area contributed by atoms with Crippen LogP contribution >= 0.6 is 34.5 Å². The Morgan fingerprint density at radius 2 is 1.79 bits per heavy atom. The lowest BCUT2D eigenvalue weighted by Gasteiger charge is -2.07. The fraction of sp³-hybridized carbons (Fsp3) is 0.0952. The van der Waals surface area contributed by atoms with Crippen molar-refractivity contribution >= 4 is 45.6 Å². The van der Waals surface area contributed by atoms with Crippen molar-refractivity contribution in [2.24, 2.45) is 0 Å². The Labute approximate surface area is 174 Å². The van der Waals surface area contributed by atoms with Crippen molar-refractivity contribution in [1.82, 2.24) is 9.38 Å². The molecule has 0 saturated heterocycles. The van der Waals surface area contributed by atoms with Crippen molar-refractivity contribution < 1.29 is 0 Å². The predicted molar refractivity (Wildman–Crippen MR) is 115 cm³/mol. The van der Waals surface area contributed by atoms with Gasteiger partial charge < -0.3 is 0 Å². The molecule has 0 aliphatic rings. The number of halogens is 2. The molecule has 0 atom stereocenters. The number of nitrogens with zero attached hydrogens (tertiary/aromatic N) is 2. The number of fused-ring (bicyclic) bond motifs is 1. The first-order valence-corrected chi connectivity index (χ1v) is 10.1. The van der Waals surface area contributed by atoms with Crippen LogP contribution in [0.5, 0.6) is 0 Å². The van der Waals surface area contributed by atoms with Gasteiger partial charge in [0.2, 0.25) is 4.96 Å². The van der Waals surface area contributed by atoms with Gasteiger partial charge >= 0.3 is 0 Å². The van der Waals surface area contributed by atoms with Gasteiger partial charge in [0.1, 0.15) is 0 Å². The Bertz CT molecular complexity index is 1360. The van der Waals surface area contributed by atoms with E-state index >= 15 is 0 Å². The summed E-state index contributed by atoms with van der Waals surface area (Å²) in [5, 5.41) is 1.21. The summed E-state index contributed by atoms with van der Waals surface area (Å²) < 4.78 is 2.01. The van der Waals surface area contributed by atoms with Gasteiger partial charge in [-0.15, -0.1) is 0 Å². The molecule has 0 saturated carbocycles. The maximum atomic E-state index is 13.0. The molecular formula is C21H14Cl2N2O2S. The normalized spacial score (nSPS) is 12.0. The van der Waals surface area contributed by atoms with E-state index in [4.69, 9.17) is 23.2 Å². The fourth-order valence-corrected chi connectivity index (χ4v) is 4.37. The molecule has 7 heteroatoms. The molecule has 4 aromatic rings. The highest BCUT2D eigenvalue weighted by molar-refractivity contribution is 7.15. The molecule has 0 aliphatic carbocycles. The SMILES string of the molecule is Cc1c(Cc2ccccc2Cl)c(=O)nc2sc(=Cc3ccc(Cl)cc3)c(=O)n12. The highest BCUT2D eigenvalue weighted by atomic mass is 35.5. The van der Waals surface area contributed by atoms with Crippen LogP contribution in [0.25, 0.3) is 11.0 Å². The standard InChI is InChI=1S/C21H14Cl2N2O2S/c1-12-16(11-14-4-2-3-5-17(14)23)19(26)24-21-25(12)20(27)18(28-21)10-13-6-8-15(22)9-7-13/h2-10H,11H2,1H3.